The number of hydrogen-bond acceptors (Lipinski definition) is 5. The molecule has 140 valence electrons. The largest absolute Gasteiger partial charge is 0.445 e. The molecule has 1 aliphatic heterocycles. The molecule has 26 heavy (non-hydrogen) atoms. The minimum Gasteiger partial charge on any atom is -0.445 e. The zero-order valence-corrected chi connectivity index (χ0v) is 15.1. The number of rotatable bonds is 4. The van der Waals surface area contributed by atoms with Gasteiger partial charge in [-0.25, -0.2) is 9.59 Å². The summed E-state index contributed by atoms with van der Waals surface area (Å²) < 4.78 is 10.5. The first-order valence-electron chi connectivity index (χ1n) is 8.28. The van der Waals surface area contributed by atoms with E-state index in [2.05, 4.69) is 15.3 Å². The fourth-order valence-electron chi connectivity index (χ4n) is 2.50. The molecule has 1 aromatic carbocycles. The first kappa shape index (κ1) is 19.4. The van der Waals surface area contributed by atoms with Gasteiger partial charge < -0.3 is 19.7 Å². The molecule has 0 unspecified atom stereocenters. The topological polar surface area (TPSA) is 117 Å². The molecule has 0 bridgehead atoms. The van der Waals surface area contributed by atoms with Gasteiger partial charge in [-0.15, -0.1) is 0 Å². The number of ether oxygens (including phenoxy) is 2. The highest BCUT2D eigenvalue weighted by Gasteiger charge is 2.37. The van der Waals surface area contributed by atoms with Gasteiger partial charge in [0.1, 0.15) is 12.2 Å². The lowest BCUT2D eigenvalue weighted by Crippen LogP contribution is -2.43. The Balaban J connectivity index is 1.92. The van der Waals surface area contributed by atoms with E-state index in [4.69, 9.17) is 15.0 Å². The molecule has 1 aromatic rings. The molecule has 2 rings (SSSR count). The third-order valence-corrected chi connectivity index (χ3v) is 3.66. The van der Waals surface area contributed by atoms with Crippen molar-refractivity contribution in [2.45, 2.75) is 45.1 Å². The zero-order chi connectivity index (χ0) is 19.2. The number of likely N-dealkylation sites (tertiary alicyclic amines) is 1. The molecule has 9 nitrogen and oxygen atoms in total. The minimum absolute atomic E-state index is 0.126. The molecule has 0 radical (unpaired) electrons. The van der Waals surface area contributed by atoms with Crippen LogP contribution in [-0.4, -0.2) is 47.9 Å². The molecular formula is C17H23N5O4. The van der Waals surface area contributed by atoms with Crippen molar-refractivity contribution in [1.82, 2.24) is 10.2 Å². The summed E-state index contributed by atoms with van der Waals surface area (Å²) in [4.78, 5) is 28.4. The maximum absolute atomic E-state index is 12.2. The van der Waals surface area contributed by atoms with Crippen LogP contribution in [0.2, 0.25) is 0 Å². The highest BCUT2D eigenvalue weighted by atomic mass is 16.6. The summed E-state index contributed by atoms with van der Waals surface area (Å²) in [6.07, 6.45) is -1.15. The molecule has 2 amide bonds. The second-order valence-corrected chi connectivity index (χ2v) is 6.97. The van der Waals surface area contributed by atoms with Gasteiger partial charge in [-0.05, 0) is 31.9 Å². The Morgan fingerprint density at radius 1 is 1.31 bits per heavy atom. The average molecular weight is 361 g/mol. The number of azide groups is 1. The van der Waals surface area contributed by atoms with Gasteiger partial charge in [-0.2, -0.15) is 0 Å². The van der Waals surface area contributed by atoms with Crippen molar-refractivity contribution in [2.75, 3.05) is 13.1 Å². The van der Waals surface area contributed by atoms with Crippen LogP contribution in [0.1, 0.15) is 26.3 Å². The van der Waals surface area contributed by atoms with E-state index in [1.165, 1.54) is 4.90 Å². The number of hydrogen-bond donors (Lipinski definition) is 1. The third kappa shape index (κ3) is 5.86. The highest BCUT2D eigenvalue weighted by Crippen LogP contribution is 2.18. The standard InChI is InChI=1S/C17H23N5O4/c1-17(2,3)26-16(24)22-9-13(14(10-22)20-21-18)19-15(23)25-11-12-7-5-4-6-8-12/h4-8,13-14H,9-11H2,1-3H3,(H,19,23)/t13-,14-/m1/s1. The van der Waals surface area contributed by atoms with Gasteiger partial charge in [-0.1, -0.05) is 35.4 Å². The number of nitrogens with one attached hydrogen (secondary N) is 1. The van der Waals surface area contributed by atoms with Gasteiger partial charge >= 0.3 is 12.2 Å². The minimum atomic E-state index is -0.636. The number of carbonyl (C=O) groups is 2. The van der Waals surface area contributed by atoms with Crippen LogP contribution in [0.15, 0.2) is 35.4 Å². The molecule has 1 saturated heterocycles. The van der Waals surface area contributed by atoms with E-state index >= 15 is 0 Å². The van der Waals surface area contributed by atoms with Crippen molar-refractivity contribution in [3.05, 3.63) is 46.3 Å². The number of carbonyl (C=O) groups excluding carboxylic acids is 2. The molecule has 1 fully saturated rings. The number of nitrogens with zero attached hydrogens (tertiary/aromatic N) is 4. The van der Waals surface area contributed by atoms with E-state index < -0.39 is 29.9 Å². The third-order valence-electron chi connectivity index (χ3n) is 3.66. The second-order valence-electron chi connectivity index (χ2n) is 6.97. The molecule has 0 aromatic heterocycles. The van der Waals surface area contributed by atoms with Gasteiger partial charge in [0.15, 0.2) is 0 Å². The number of amides is 2. The molecular weight excluding hydrogens is 338 g/mol. The van der Waals surface area contributed by atoms with Crippen molar-refractivity contribution >= 4 is 12.2 Å². The maximum Gasteiger partial charge on any atom is 0.410 e. The monoisotopic (exact) mass is 361 g/mol. The van der Waals surface area contributed by atoms with E-state index in [1.807, 2.05) is 30.3 Å². The fraction of sp³-hybridized carbons (Fsp3) is 0.529. The summed E-state index contributed by atoms with van der Waals surface area (Å²) in [5.41, 5.74) is 8.95. The van der Waals surface area contributed by atoms with Crippen LogP contribution in [0.25, 0.3) is 10.4 Å². The van der Waals surface area contributed by atoms with Gasteiger partial charge in [0.2, 0.25) is 0 Å². The normalized spacial score (nSPS) is 19.4. The fourth-order valence-corrected chi connectivity index (χ4v) is 2.50. The molecule has 1 N–H and O–H groups in total. The van der Waals surface area contributed by atoms with Crippen molar-refractivity contribution in [2.24, 2.45) is 5.11 Å². The average Bonchev–Trinajstić information content (AvgIpc) is 2.96. The Kier molecular flexibility index (Phi) is 6.30. The molecule has 9 heteroatoms. The Morgan fingerprint density at radius 3 is 2.62 bits per heavy atom. The second kappa shape index (κ2) is 8.44. The summed E-state index contributed by atoms with van der Waals surface area (Å²) in [5, 5.41) is 6.32. The lowest BCUT2D eigenvalue weighted by atomic mass is 10.2. The molecule has 0 aliphatic carbocycles. The van der Waals surface area contributed by atoms with Crippen molar-refractivity contribution in [3.63, 3.8) is 0 Å². The zero-order valence-electron chi connectivity index (χ0n) is 15.1. The van der Waals surface area contributed by atoms with E-state index in [0.29, 0.717) is 0 Å². The van der Waals surface area contributed by atoms with Crippen LogP contribution < -0.4 is 5.32 Å². The highest BCUT2D eigenvalue weighted by molar-refractivity contribution is 5.70. The van der Waals surface area contributed by atoms with Crippen LogP contribution in [0.5, 0.6) is 0 Å². The van der Waals surface area contributed by atoms with E-state index in [9.17, 15) is 9.59 Å². The smallest absolute Gasteiger partial charge is 0.410 e. The molecule has 1 aliphatic rings. The Morgan fingerprint density at radius 2 is 2.00 bits per heavy atom. The van der Waals surface area contributed by atoms with Gasteiger partial charge in [-0.3, -0.25) is 0 Å². The lowest BCUT2D eigenvalue weighted by Gasteiger charge is -2.24. The summed E-state index contributed by atoms with van der Waals surface area (Å²) >= 11 is 0. The van der Waals surface area contributed by atoms with Crippen molar-refractivity contribution in [1.29, 1.82) is 0 Å². The van der Waals surface area contributed by atoms with E-state index in [0.717, 1.165) is 5.56 Å². The Hall–Kier alpha value is -2.93. The van der Waals surface area contributed by atoms with Crippen LogP contribution in [0.3, 0.4) is 0 Å². The lowest BCUT2D eigenvalue weighted by molar-refractivity contribution is 0.0288. The molecule has 0 spiro atoms. The van der Waals surface area contributed by atoms with Crippen LogP contribution in [-0.2, 0) is 16.1 Å². The van der Waals surface area contributed by atoms with Crippen LogP contribution in [0, 0.1) is 0 Å². The Labute approximate surface area is 151 Å². The van der Waals surface area contributed by atoms with Crippen LogP contribution in [0.4, 0.5) is 9.59 Å². The van der Waals surface area contributed by atoms with Crippen molar-refractivity contribution < 1.29 is 19.1 Å². The maximum atomic E-state index is 12.2. The molecule has 0 saturated carbocycles. The summed E-state index contributed by atoms with van der Waals surface area (Å²) in [7, 11) is 0. The van der Waals surface area contributed by atoms with E-state index in [-0.39, 0.29) is 19.7 Å². The molecule has 2 atom stereocenters. The van der Waals surface area contributed by atoms with Crippen LogP contribution >= 0.6 is 0 Å². The summed E-state index contributed by atoms with van der Waals surface area (Å²) in [6.45, 7) is 5.77. The SMILES string of the molecule is CC(C)(C)OC(=O)N1C[C@@H](N=[N+]=[N-])[C@H](NC(=O)OCc2ccccc2)C1. The molecule has 1 heterocycles. The first-order valence-corrected chi connectivity index (χ1v) is 8.28. The summed E-state index contributed by atoms with van der Waals surface area (Å²) in [5.74, 6) is 0. The van der Waals surface area contributed by atoms with Crippen molar-refractivity contribution in [3.8, 4) is 0 Å². The van der Waals surface area contributed by atoms with E-state index in [1.54, 1.807) is 20.8 Å². The van der Waals surface area contributed by atoms with Gasteiger partial charge in [0, 0.05) is 18.0 Å². The summed E-state index contributed by atoms with van der Waals surface area (Å²) in [6, 6.07) is 8.13. The van der Waals surface area contributed by atoms with Gasteiger partial charge in [0.25, 0.3) is 0 Å². The predicted octanol–water partition coefficient (Wildman–Crippen LogP) is 3.21. The Bertz CT molecular complexity index is 682. The van der Waals surface area contributed by atoms with Gasteiger partial charge in [0.05, 0.1) is 12.1 Å². The first-order chi connectivity index (χ1) is 12.3. The number of benzene rings is 1. The quantitative estimate of drug-likeness (QED) is 0.503. The predicted molar refractivity (Wildman–Crippen MR) is 94.3 cm³/mol. The number of alkyl carbamates (subject to hydrolysis) is 1.